The average Bonchev–Trinajstić information content (AvgIpc) is 3.37. The first-order chi connectivity index (χ1) is 14.2. The lowest BCUT2D eigenvalue weighted by molar-refractivity contribution is 0.390. The molecule has 142 valence electrons. The largest absolute Gasteiger partial charge is 0.360 e. The van der Waals surface area contributed by atoms with Crippen molar-refractivity contribution in [3.05, 3.63) is 101 Å². The highest BCUT2D eigenvalue weighted by Gasteiger charge is 2.11. The summed E-state index contributed by atoms with van der Waals surface area (Å²) < 4.78 is 5.54. The van der Waals surface area contributed by atoms with Crippen molar-refractivity contribution in [2.24, 2.45) is 0 Å². The van der Waals surface area contributed by atoms with Gasteiger partial charge in [-0.3, -0.25) is 9.97 Å². The van der Waals surface area contributed by atoms with E-state index in [1.807, 2.05) is 49.8 Å². The fraction of sp³-hybridized carbons (Fsp3) is 0.125. The molecule has 0 radical (unpaired) electrons. The molecule has 0 aliphatic rings. The summed E-state index contributed by atoms with van der Waals surface area (Å²) >= 11 is 0. The van der Waals surface area contributed by atoms with Crippen LogP contribution in [0.3, 0.4) is 0 Å². The van der Waals surface area contributed by atoms with Gasteiger partial charge < -0.3 is 9.51 Å². The maximum atomic E-state index is 5.54. The Morgan fingerprint density at radius 2 is 1.79 bits per heavy atom. The first-order valence-corrected chi connectivity index (χ1v) is 9.61. The molecule has 4 aromatic heterocycles. The number of aromatic nitrogens is 4. The molecule has 5 rings (SSSR count). The maximum absolute atomic E-state index is 5.54. The van der Waals surface area contributed by atoms with E-state index in [9.17, 15) is 0 Å². The lowest BCUT2D eigenvalue weighted by atomic mass is 10.1. The van der Waals surface area contributed by atoms with Gasteiger partial charge in [-0.15, -0.1) is 0 Å². The van der Waals surface area contributed by atoms with Gasteiger partial charge in [0.25, 0.3) is 0 Å². The summed E-state index contributed by atoms with van der Waals surface area (Å²) in [5, 5.41) is 5.40. The zero-order valence-corrected chi connectivity index (χ0v) is 16.1. The molecule has 0 saturated heterocycles. The molecule has 1 aromatic carbocycles. The number of fused-ring (bicyclic) bond motifs is 1. The third kappa shape index (κ3) is 3.80. The number of H-pyrrole nitrogens is 1. The van der Waals surface area contributed by atoms with Crippen molar-refractivity contribution in [1.29, 1.82) is 0 Å². The third-order valence-electron chi connectivity index (χ3n) is 5.01. The fourth-order valence-electron chi connectivity index (χ4n) is 3.46. The highest BCUT2D eigenvalue weighted by molar-refractivity contribution is 5.85. The van der Waals surface area contributed by atoms with E-state index in [0.717, 1.165) is 45.7 Å². The predicted molar refractivity (Wildman–Crippen MR) is 113 cm³/mol. The molecule has 0 spiro atoms. The number of hydrogen-bond donors (Lipinski definition) is 1. The first-order valence-electron chi connectivity index (χ1n) is 9.61. The van der Waals surface area contributed by atoms with Gasteiger partial charge in [0.1, 0.15) is 11.5 Å². The second-order valence-electron chi connectivity index (χ2n) is 7.32. The molecule has 0 atom stereocenters. The normalized spacial score (nSPS) is 11.2. The molecule has 29 heavy (non-hydrogen) atoms. The smallest absolute Gasteiger partial charge is 0.143 e. The molecular weight excluding hydrogens is 360 g/mol. The first kappa shape index (κ1) is 17.4. The summed E-state index contributed by atoms with van der Waals surface area (Å²) in [7, 11) is 0. The fourth-order valence-corrected chi connectivity index (χ4v) is 3.46. The molecule has 0 aliphatic carbocycles. The van der Waals surface area contributed by atoms with Crippen LogP contribution in [0.15, 0.2) is 77.7 Å². The minimum Gasteiger partial charge on any atom is -0.360 e. The van der Waals surface area contributed by atoms with Crippen LogP contribution < -0.4 is 0 Å². The minimum atomic E-state index is 0.629. The number of aromatic amines is 1. The Morgan fingerprint density at radius 1 is 0.897 bits per heavy atom. The van der Waals surface area contributed by atoms with E-state index in [4.69, 9.17) is 4.52 Å². The molecule has 0 unspecified atom stereocenters. The number of rotatable bonds is 5. The van der Waals surface area contributed by atoms with Crippen LogP contribution in [0.25, 0.3) is 22.3 Å². The molecule has 5 aromatic rings. The van der Waals surface area contributed by atoms with Crippen molar-refractivity contribution >= 4 is 10.9 Å². The molecule has 0 saturated carbocycles. The number of nitrogens with zero attached hydrogens (tertiary/aromatic N) is 3. The van der Waals surface area contributed by atoms with Gasteiger partial charge in [-0.05, 0) is 60.4 Å². The molecule has 0 aliphatic heterocycles. The lowest BCUT2D eigenvalue weighted by Gasteiger charge is -2.01. The summed E-state index contributed by atoms with van der Waals surface area (Å²) in [4.78, 5) is 12.0. The Bertz CT molecular complexity index is 1250. The van der Waals surface area contributed by atoms with E-state index in [1.54, 1.807) is 0 Å². The maximum Gasteiger partial charge on any atom is 0.143 e. The van der Waals surface area contributed by atoms with Crippen LogP contribution in [0.4, 0.5) is 0 Å². The van der Waals surface area contributed by atoms with Crippen LogP contribution in [-0.2, 0) is 12.8 Å². The molecule has 5 nitrogen and oxygen atoms in total. The van der Waals surface area contributed by atoms with E-state index in [1.165, 1.54) is 11.1 Å². The molecule has 0 bridgehead atoms. The molecule has 0 amide bonds. The van der Waals surface area contributed by atoms with E-state index in [-0.39, 0.29) is 0 Å². The standard InChI is InChI=1S/C24H20N4O/c1-16-2-5-20(26-15-16)13-21-14-24(28-29-21)23-12-19-4-3-18(11-22(19)27-23)10-17-6-8-25-9-7-17/h2-9,11-12,14-15,27H,10,13H2,1H3. The second kappa shape index (κ2) is 7.36. The number of nitrogens with one attached hydrogen (secondary N) is 1. The van der Waals surface area contributed by atoms with Crippen LogP contribution in [0, 0.1) is 6.92 Å². The Morgan fingerprint density at radius 3 is 2.62 bits per heavy atom. The number of pyridine rings is 2. The molecule has 1 N–H and O–H groups in total. The van der Waals surface area contributed by atoms with Gasteiger partial charge in [0.05, 0.1) is 12.1 Å². The summed E-state index contributed by atoms with van der Waals surface area (Å²) in [6, 6.07) is 18.7. The van der Waals surface area contributed by atoms with Crippen LogP contribution in [-0.4, -0.2) is 20.1 Å². The van der Waals surface area contributed by atoms with Gasteiger partial charge in [0, 0.05) is 41.3 Å². The van der Waals surface area contributed by atoms with Crippen LogP contribution in [0.5, 0.6) is 0 Å². The highest BCUT2D eigenvalue weighted by Crippen LogP contribution is 2.26. The molecule has 4 heterocycles. The Balaban J connectivity index is 1.37. The summed E-state index contributed by atoms with van der Waals surface area (Å²) in [6.45, 7) is 2.03. The third-order valence-corrected chi connectivity index (χ3v) is 5.01. The quantitative estimate of drug-likeness (QED) is 0.460. The summed E-state index contributed by atoms with van der Waals surface area (Å²) in [5.41, 5.74) is 7.47. The van der Waals surface area contributed by atoms with Crippen LogP contribution in [0.2, 0.25) is 0 Å². The summed E-state index contributed by atoms with van der Waals surface area (Å²) in [6.07, 6.45) is 7.03. The van der Waals surface area contributed by atoms with Crippen molar-refractivity contribution in [1.82, 2.24) is 20.1 Å². The van der Waals surface area contributed by atoms with E-state index < -0.39 is 0 Å². The van der Waals surface area contributed by atoms with Crippen molar-refractivity contribution in [3.8, 4) is 11.4 Å². The average molecular weight is 380 g/mol. The molecular formula is C24H20N4O. The number of hydrogen-bond acceptors (Lipinski definition) is 4. The Labute approximate surface area is 168 Å². The topological polar surface area (TPSA) is 67.6 Å². The zero-order valence-electron chi connectivity index (χ0n) is 16.1. The summed E-state index contributed by atoms with van der Waals surface area (Å²) in [5.74, 6) is 0.799. The van der Waals surface area contributed by atoms with Gasteiger partial charge >= 0.3 is 0 Å². The number of aryl methyl sites for hydroxylation is 1. The van der Waals surface area contributed by atoms with Gasteiger partial charge in [0.15, 0.2) is 0 Å². The molecule has 5 heteroatoms. The van der Waals surface area contributed by atoms with Crippen LogP contribution >= 0.6 is 0 Å². The van der Waals surface area contributed by atoms with E-state index in [0.29, 0.717) is 6.42 Å². The Hall–Kier alpha value is -3.73. The second-order valence-corrected chi connectivity index (χ2v) is 7.32. The lowest BCUT2D eigenvalue weighted by Crippen LogP contribution is -1.90. The SMILES string of the molecule is Cc1ccc(Cc2cc(-c3cc4ccc(Cc5ccncc5)cc4[nH]3)no2)nc1. The van der Waals surface area contributed by atoms with Gasteiger partial charge in [-0.25, -0.2) is 0 Å². The van der Waals surface area contributed by atoms with E-state index >= 15 is 0 Å². The predicted octanol–water partition coefficient (Wildman–Crippen LogP) is 5.10. The number of benzene rings is 1. The van der Waals surface area contributed by atoms with Gasteiger partial charge in [-0.2, -0.15) is 0 Å². The molecule has 0 fully saturated rings. The zero-order chi connectivity index (χ0) is 19.6. The van der Waals surface area contributed by atoms with E-state index in [2.05, 4.69) is 50.4 Å². The van der Waals surface area contributed by atoms with Crippen molar-refractivity contribution < 1.29 is 4.52 Å². The monoisotopic (exact) mass is 380 g/mol. The van der Waals surface area contributed by atoms with Gasteiger partial charge in [0.2, 0.25) is 0 Å². The van der Waals surface area contributed by atoms with Gasteiger partial charge in [-0.1, -0.05) is 23.4 Å². The van der Waals surface area contributed by atoms with Crippen molar-refractivity contribution in [2.75, 3.05) is 0 Å². The van der Waals surface area contributed by atoms with Crippen LogP contribution in [0.1, 0.15) is 28.1 Å². The highest BCUT2D eigenvalue weighted by atomic mass is 16.5. The van der Waals surface area contributed by atoms with Crippen molar-refractivity contribution in [2.45, 2.75) is 19.8 Å². The minimum absolute atomic E-state index is 0.629. The Kier molecular flexibility index (Phi) is 4.41. The van der Waals surface area contributed by atoms with Crippen molar-refractivity contribution in [3.63, 3.8) is 0 Å².